The number of nitrogens with one attached hydrogen (secondary N) is 1. The lowest BCUT2D eigenvalue weighted by atomic mass is 9.82. The number of sulfonamides is 1. The van der Waals surface area contributed by atoms with Gasteiger partial charge in [-0.05, 0) is 55.7 Å². The molecule has 2 heterocycles. The van der Waals surface area contributed by atoms with E-state index in [1.165, 1.54) is 17.9 Å². The number of ether oxygens (including phenoxy) is 1. The summed E-state index contributed by atoms with van der Waals surface area (Å²) in [7, 11) is -3.34. The first-order valence-electron chi connectivity index (χ1n) is 11.4. The molecule has 4 rings (SSSR count). The third-order valence-corrected chi connectivity index (χ3v) is 7.36. The molecule has 174 valence electrons. The molecule has 1 unspecified atom stereocenters. The summed E-state index contributed by atoms with van der Waals surface area (Å²) in [6.45, 7) is 1.49. The molecule has 0 bridgehead atoms. The second-order valence-electron chi connectivity index (χ2n) is 9.02. The predicted molar refractivity (Wildman–Crippen MR) is 124 cm³/mol. The van der Waals surface area contributed by atoms with E-state index in [2.05, 4.69) is 34.0 Å². The second-order valence-corrected chi connectivity index (χ2v) is 10.8. The molecule has 1 aliphatic heterocycles. The molecule has 0 radical (unpaired) electrons. The van der Waals surface area contributed by atoms with Gasteiger partial charge >= 0.3 is 0 Å². The van der Waals surface area contributed by atoms with E-state index in [9.17, 15) is 12.8 Å². The molecule has 2 aliphatic rings. The number of benzene rings is 1. The number of pyridine rings is 1. The lowest BCUT2D eigenvalue weighted by molar-refractivity contribution is -0.00217. The van der Waals surface area contributed by atoms with Crippen LogP contribution >= 0.6 is 0 Å². The minimum atomic E-state index is -3.34. The number of piperidine rings is 1. The Bertz CT molecular complexity index is 981. The standard InChI is InChI=1S/C24H32FN3O3S/c1-32(29,30)27-23-13-15-28(24-22(25)8-5-14-26-24)16-20(23)17-31-21-11-9-19(10-12-21)18-6-3-2-4-7-18/h2-8,14,19-21,23,27H,9-13,15-17H2,1H3/t19?,20?,21?,23-/m0/s1. The van der Waals surface area contributed by atoms with E-state index in [4.69, 9.17) is 4.74 Å². The van der Waals surface area contributed by atoms with E-state index in [0.29, 0.717) is 37.9 Å². The first-order valence-corrected chi connectivity index (χ1v) is 13.3. The maximum Gasteiger partial charge on any atom is 0.208 e. The minimum Gasteiger partial charge on any atom is -0.378 e. The minimum absolute atomic E-state index is 0.0771. The second kappa shape index (κ2) is 10.3. The maximum atomic E-state index is 14.3. The molecule has 1 aromatic heterocycles. The van der Waals surface area contributed by atoms with Crippen LogP contribution in [0.3, 0.4) is 0 Å². The monoisotopic (exact) mass is 461 g/mol. The molecule has 0 amide bonds. The van der Waals surface area contributed by atoms with Crippen molar-refractivity contribution in [2.45, 2.75) is 50.2 Å². The molecule has 1 aliphatic carbocycles. The van der Waals surface area contributed by atoms with E-state index in [1.54, 1.807) is 12.3 Å². The topological polar surface area (TPSA) is 71.5 Å². The number of anilines is 1. The van der Waals surface area contributed by atoms with Crippen LogP contribution in [0.5, 0.6) is 0 Å². The summed E-state index contributed by atoms with van der Waals surface area (Å²) in [5.74, 6) is 0.458. The molecular weight excluding hydrogens is 429 g/mol. The van der Waals surface area contributed by atoms with Gasteiger partial charge in [-0.2, -0.15) is 0 Å². The normalized spacial score (nSPS) is 26.8. The lowest BCUT2D eigenvalue weighted by Crippen LogP contribution is -2.53. The van der Waals surface area contributed by atoms with Crippen molar-refractivity contribution < 1.29 is 17.5 Å². The first kappa shape index (κ1) is 23.1. The van der Waals surface area contributed by atoms with Crippen molar-refractivity contribution in [3.8, 4) is 0 Å². The van der Waals surface area contributed by atoms with E-state index in [-0.39, 0.29) is 23.9 Å². The van der Waals surface area contributed by atoms with Gasteiger partial charge in [0.15, 0.2) is 11.6 Å². The Balaban J connectivity index is 1.36. The Hall–Kier alpha value is -2.03. The van der Waals surface area contributed by atoms with E-state index < -0.39 is 10.0 Å². The molecule has 1 N–H and O–H groups in total. The Labute approximate surface area is 190 Å². The summed E-state index contributed by atoms with van der Waals surface area (Å²) in [6, 6.07) is 13.4. The average Bonchev–Trinajstić information content (AvgIpc) is 2.79. The Kier molecular flexibility index (Phi) is 7.43. The number of rotatable bonds is 7. The largest absolute Gasteiger partial charge is 0.378 e. The first-order chi connectivity index (χ1) is 15.4. The molecule has 1 aromatic carbocycles. The zero-order valence-corrected chi connectivity index (χ0v) is 19.3. The highest BCUT2D eigenvalue weighted by molar-refractivity contribution is 7.88. The summed E-state index contributed by atoms with van der Waals surface area (Å²) in [4.78, 5) is 6.09. The van der Waals surface area contributed by atoms with Gasteiger partial charge < -0.3 is 9.64 Å². The van der Waals surface area contributed by atoms with Crippen LogP contribution in [0.4, 0.5) is 10.2 Å². The summed E-state index contributed by atoms with van der Waals surface area (Å²) >= 11 is 0. The van der Waals surface area contributed by atoms with Crippen LogP contribution in [0.1, 0.15) is 43.6 Å². The summed E-state index contributed by atoms with van der Waals surface area (Å²) in [5.41, 5.74) is 1.39. The molecule has 2 aromatic rings. The smallest absolute Gasteiger partial charge is 0.208 e. The van der Waals surface area contributed by atoms with Gasteiger partial charge in [-0.25, -0.2) is 22.5 Å². The summed E-state index contributed by atoms with van der Waals surface area (Å²) in [5, 5.41) is 0. The van der Waals surface area contributed by atoms with Gasteiger partial charge in [0.05, 0.1) is 19.0 Å². The molecule has 2 fully saturated rings. The summed E-state index contributed by atoms with van der Waals surface area (Å²) in [6.07, 6.45) is 7.69. The van der Waals surface area contributed by atoms with Crippen molar-refractivity contribution in [1.82, 2.24) is 9.71 Å². The van der Waals surface area contributed by atoms with E-state index in [0.717, 1.165) is 25.7 Å². The van der Waals surface area contributed by atoms with Gasteiger partial charge in [-0.3, -0.25) is 0 Å². The Morgan fingerprint density at radius 2 is 1.84 bits per heavy atom. The fourth-order valence-corrected chi connectivity index (χ4v) is 5.84. The number of nitrogens with zero attached hydrogens (tertiary/aromatic N) is 2. The van der Waals surface area contributed by atoms with Gasteiger partial charge in [0.2, 0.25) is 10.0 Å². The maximum absolute atomic E-state index is 14.3. The number of hydrogen-bond acceptors (Lipinski definition) is 5. The van der Waals surface area contributed by atoms with Gasteiger partial charge in [-0.15, -0.1) is 0 Å². The van der Waals surface area contributed by atoms with E-state index >= 15 is 0 Å². The summed E-state index contributed by atoms with van der Waals surface area (Å²) < 4.78 is 47.1. The molecule has 0 spiro atoms. The number of halogens is 1. The van der Waals surface area contributed by atoms with Gasteiger partial charge in [0, 0.05) is 31.2 Å². The van der Waals surface area contributed by atoms with Gasteiger partial charge in [0.25, 0.3) is 0 Å². The zero-order valence-electron chi connectivity index (χ0n) is 18.5. The number of aromatic nitrogens is 1. The third kappa shape index (κ3) is 6.05. The highest BCUT2D eigenvalue weighted by Crippen LogP contribution is 2.34. The molecule has 1 saturated carbocycles. The third-order valence-electron chi connectivity index (χ3n) is 6.63. The van der Waals surface area contributed by atoms with Crippen LogP contribution in [0, 0.1) is 11.7 Å². The fourth-order valence-electron chi connectivity index (χ4n) is 4.98. The molecular formula is C24H32FN3O3S. The van der Waals surface area contributed by atoms with Crippen LogP contribution in [-0.4, -0.2) is 51.5 Å². The van der Waals surface area contributed by atoms with Crippen molar-refractivity contribution in [1.29, 1.82) is 0 Å². The predicted octanol–water partition coefficient (Wildman–Crippen LogP) is 3.71. The van der Waals surface area contributed by atoms with Crippen molar-refractivity contribution in [3.63, 3.8) is 0 Å². The van der Waals surface area contributed by atoms with Crippen molar-refractivity contribution >= 4 is 15.8 Å². The van der Waals surface area contributed by atoms with Crippen LogP contribution in [0.25, 0.3) is 0 Å². The quantitative estimate of drug-likeness (QED) is 0.681. The number of hydrogen-bond donors (Lipinski definition) is 1. The molecule has 32 heavy (non-hydrogen) atoms. The SMILES string of the molecule is CS(=O)(=O)N[C@H]1CCN(c2ncccc2F)CC1COC1CCC(c2ccccc2)CC1. The Morgan fingerprint density at radius 1 is 1.09 bits per heavy atom. The molecule has 2 atom stereocenters. The molecule has 1 saturated heterocycles. The van der Waals surface area contributed by atoms with Crippen LogP contribution in [0.15, 0.2) is 48.7 Å². The average molecular weight is 462 g/mol. The Morgan fingerprint density at radius 3 is 2.53 bits per heavy atom. The fraction of sp³-hybridized carbons (Fsp3) is 0.542. The highest BCUT2D eigenvalue weighted by Gasteiger charge is 2.34. The van der Waals surface area contributed by atoms with Crippen molar-refractivity contribution in [2.24, 2.45) is 5.92 Å². The molecule has 6 nitrogen and oxygen atoms in total. The van der Waals surface area contributed by atoms with Gasteiger partial charge in [0.1, 0.15) is 0 Å². The van der Waals surface area contributed by atoms with Crippen molar-refractivity contribution in [2.75, 3.05) is 30.9 Å². The van der Waals surface area contributed by atoms with E-state index in [1.807, 2.05) is 11.0 Å². The van der Waals surface area contributed by atoms with Crippen LogP contribution in [-0.2, 0) is 14.8 Å². The lowest BCUT2D eigenvalue weighted by Gasteiger charge is -2.40. The zero-order chi connectivity index (χ0) is 22.6. The molecule has 8 heteroatoms. The van der Waals surface area contributed by atoms with Gasteiger partial charge in [-0.1, -0.05) is 30.3 Å². The van der Waals surface area contributed by atoms with Crippen LogP contribution < -0.4 is 9.62 Å². The van der Waals surface area contributed by atoms with Crippen LogP contribution in [0.2, 0.25) is 0 Å². The highest BCUT2D eigenvalue weighted by atomic mass is 32.2. The van der Waals surface area contributed by atoms with Crippen molar-refractivity contribution in [3.05, 3.63) is 60.0 Å².